The fraction of sp³-hybridized carbons (Fsp3) is 0.333. The van der Waals surface area contributed by atoms with Crippen LogP contribution in [0.25, 0.3) is 0 Å². The standard InChI is InChI=1S/C6H9N3O2.HI/c7-5(6(10)11)1-4-2-8-3-9-4;/h2-3,5H,1,7H2,(H,8,9)(H,10,11);1H/t5-;/m0./s1. The summed E-state index contributed by atoms with van der Waals surface area (Å²) in [5.41, 5.74) is 6.00. The number of aromatic amines is 1. The zero-order chi connectivity index (χ0) is 8.27. The Morgan fingerprint density at radius 3 is 2.92 bits per heavy atom. The average molecular weight is 283 g/mol. The predicted octanol–water partition coefficient (Wildman–Crippen LogP) is -0.0179. The number of H-pyrrole nitrogens is 1. The number of carboxylic acids is 1. The third-order valence-electron chi connectivity index (χ3n) is 1.31. The fourth-order valence-electron chi connectivity index (χ4n) is 0.721. The molecule has 5 nitrogen and oxygen atoms in total. The molecular weight excluding hydrogens is 273 g/mol. The Hall–Kier alpha value is -0.630. The summed E-state index contributed by atoms with van der Waals surface area (Å²) in [7, 11) is 0. The Morgan fingerprint density at radius 1 is 1.83 bits per heavy atom. The van der Waals surface area contributed by atoms with Crippen molar-refractivity contribution in [2.75, 3.05) is 0 Å². The van der Waals surface area contributed by atoms with Crippen molar-refractivity contribution in [3.8, 4) is 0 Å². The molecule has 1 aromatic rings. The fourth-order valence-corrected chi connectivity index (χ4v) is 0.721. The molecule has 0 aliphatic rings. The molecule has 0 amide bonds. The number of carboxylic acid groups (broad SMARTS) is 1. The van der Waals surface area contributed by atoms with Crippen molar-refractivity contribution in [3.63, 3.8) is 0 Å². The van der Waals surface area contributed by atoms with Gasteiger partial charge in [0.25, 0.3) is 0 Å². The van der Waals surface area contributed by atoms with E-state index in [2.05, 4.69) is 9.97 Å². The van der Waals surface area contributed by atoms with E-state index in [0.717, 1.165) is 5.69 Å². The normalized spacial score (nSPS) is 11.8. The SMILES string of the molecule is I.N[C@@H](Cc1cnc[nH]1)C(=O)O. The summed E-state index contributed by atoms with van der Waals surface area (Å²) in [5.74, 6) is -1.00. The van der Waals surface area contributed by atoms with Crippen LogP contribution in [0.15, 0.2) is 12.5 Å². The number of hydrogen-bond donors (Lipinski definition) is 3. The maximum atomic E-state index is 10.3. The molecule has 1 atom stereocenters. The number of aliphatic carboxylic acids is 1. The lowest BCUT2D eigenvalue weighted by molar-refractivity contribution is -0.138. The van der Waals surface area contributed by atoms with Gasteiger partial charge in [0, 0.05) is 18.3 Å². The number of imidazole rings is 1. The van der Waals surface area contributed by atoms with Crippen LogP contribution in [0.3, 0.4) is 0 Å². The van der Waals surface area contributed by atoms with Gasteiger partial charge in [-0.2, -0.15) is 0 Å². The molecule has 0 aliphatic heterocycles. The number of nitrogens with zero attached hydrogens (tertiary/aromatic N) is 1. The highest BCUT2D eigenvalue weighted by molar-refractivity contribution is 14.0. The number of nitrogens with one attached hydrogen (secondary N) is 1. The van der Waals surface area contributed by atoms with E-state index >= 15 is 0 Å². The molecule has 0 fully saturated rings. The third-order valence-corrected chi connectivity index (χ3v) is 1.31. The predicted molar refractivity (Wildman–Crippen MR) is 53.3 cm³/mol. The van der Waals surface area contributed by atoms with Crippen LogP contribution in [0, 0.1) is 0 Å². The van der Waals surface area contributed by atoms with Crippen LogP contribution in [0.5, 0.6) is 0 Å². The number of carbonyl (C=O) groups is 1. The molecule has 0 spiro atoms. The Kier molecular flexibility index (Phi) is 4.83. The van der Waals surface area contributed by atoms with Crippen molar-refractivity contribution in [3.05, 3.63) is 18.2 Å². The lowest BCUT2D eigenvalue weighted by Gasteiger charge is -2.02. The summed E-state index contributed by atoms with van der Waals surface area (Å²) < 4.78 is 0. The Labute approximate surface area is 86.4 Å². The second-order valence-corrected chi connectivity index (χ2v) is 2.23. The highest BCUT2D eigenvalue weighted by atomic mass is 127. The maximum Gasteiger partial charge on any atom is 0.320 e. The molecule has 1 aromatic heterocycles. The molecule has 68 valence electrons. The van der Waals surface area contributed by atoms with E-state index in [9.17, 15) is 4.79 Å². The van der Waals surface area contributed by atoms with E-state index in [0.29, 0.717) is 0 Å². The monoisotopic (exact) mass is 283 g/mol. The molecule has 6 heteroatoms. The van der Waals surface area contributed by atoms with Gasteiger partial charge in [-0.25, -0.2) is 4.98 Å². The van der Waals surface area contributed by atoms with Crippen molar-refractivity contribution in [2.24, 2.45) is 5.73 Å². The molecule has 0 saturated carbocycles. The minimum atomic E-state index is -1.00. The maximum absolute atomic E-state index is 10.3. The van der Waals surface area contributed by atoms with Crippen LogP contribution in [0.4, 0.5) is 0 Å². The summed E-state index contributed by atoms with van der Waals surface area (Å²) in [6, 6.07) is -0.851. The van der Waals surface area contributed by atoms with Crippen molar-refractivity contribution in [1.82, 2.24) is 9.97 Å². The van der Waals surface area contributed by atoms with Gasteiger partial charge in [-0.3, -0.25) is 4.79 Å². The van der Waals surface area contributed by atoms with Gasteiger partial charge < -0.3 is 15.8 Å². The van der Waals surface area contributed by atoms with Gasteiger partial charge in [0.15, 0.2) is 0 Å². The quantitative estimate of drug-likeness (QED) is 0.680. The number of aromatic nitrogens is 2. The van der Waals surface area contributed by atoms with Crippen LogP contribution in [-0.2, 0) is 11.2 Å². The van der Waals surface area contributed by atoms with Crippen molar-refractivity contribution in [2.45, 2.75) is 12.5 Å². The van der Waals surface area contributed by atoms with Gasteiger partial charge in [0.05, 0.1) is 6.33 Å². The van der Waals surface area contributed by atoms with Gasteiger partial charge in [0.1, 0.15) is 6.04 Å². The van der Waals surface area contributed by atoms with Gasteiger partial charge in [-0.15, -0.1) is 24.0 Å². The third kappa shape index (κ3) is 3.18. The molecule has 4 N–H and O–H groups in total. The smallest absolute Gasteiger partial charge is 0.320 e. The van der Waals surface area contributed by atoms with Gasteiger partial charge in [-0.1, -0.05) is 0 Å². The molecular formula is C6H10IN3O2. The second-order valence-electron chi connectivity index (χ2n) is 2.23. The molecule has 0 unspecified atom stereocenters. The summed E-state index contributed by atoms with van der Waals surface area (Å²) in [6.45, 7) is 0. The lowest BCUT2D eigenvalue weighted by atomic mass is 10.2. The summed E-state index contributed by atoms with van der Waals surface area (Å²) in [4.78, 5) is 16.8. The molecule has 0 aliphatic carbocycles. The summed E-state index contributed by atoms with van der Waals surface area (Å²) in [5, 5.41) is 8.42. The minimum Gasteiger partial charge on any atom is -0.480 e. The van der Waals surface area contributed by atoms with Crippen LogP contribution in [0.1, 0.15) is 5.69 Å². The first-order valence-corrected chi connectivity index (χ1v) is 3.16. The van der Waals surface area contributed by atoms with Crippen LogP contribution in [-0.4, -0.2) is 27.1 Å². The van der Waals surface area contributed by atoms with Crippen LogP contribution >= 0.6 is 24.0 Å². The molecule has 0 saturated heterocycles. The lowest BCUT2D eigenvalue weighted by Crippen LogP contribution is -2.32. The first-order valence-electron chi connectivity index (χ1n) is 3.16. The molecule has 1 heterocycles. The molecule has 12 heavy (non-hydrogen) atoms. The number of nitrogens with two attached hydrogens (primary N) is 1. The molecule has 0 bridgehead atoms. The van der Waals surface area contributed by atoms with Crippen LogP contribution < -0.4 is 5.73 Å². The van der Waals surface area contributed by atoms with Gasteiger partial charge >= 0.3 is 5.97 Å². The van der Waals surface area contributed by atoms with Crippen molar-refractivity contribution in [1.29, 1.82) is 0 Å². The highest BCUT2D eigenvalue weighted by Crippen LogP contribution is 1.95. The van der Waals surface area contributed by atoms with E-state index in [1.807, 2.05) is 0 Å². The van der Waals surface area contributed by atoms with Crippen LogP contribution in [0.2, 0.25) is 0 Å². The van der Waals surface area contributed by atoms with E-state index < -0.39 is 12.0 Å². The first kappa shape index (κ1) is 11.4. The summed E-state index contributed by atoms with van der Waals surface area (Å²) >= 11 is 0. The number of rotatable bonds is 3. The summed E-state index contributed by atoms with van der Waals surface area (Å²) in [6.07, 6.45) is 3.34. The Morgan fingerprint density at radius 2 is 2.50 bits per heavy atom. The number of halogens is 1. The first-order chi connectivity index (χ1) is 5.20. The molecule has 1 rings (SSSR count). The second kappa shape index (κ2) is 5.09. The zero-order valence-corrected chi connectivity index (χ0v) is 8.56. The average Bonchev–Trinajstić information content (AvgIpc) is 2.39. The van der Waals surface area contributed by atoms with Crippen molar-refractivity contribution >= 4 is 29.9 Å². The van der Waals surface area contributed by atoms with Crippen molar-refractivity contribution < 1.29 is 9.90 Å². The van der Waals surface area contributed by atoms with E-state index in [4.69, 9.17) is 10.8 Å². The Bertz CT molecular complexity index is 237. The Balaban J connectivity index is 0.00000121. The largest absolute Gasteiger partial charge is 0.480 e. The van der Waals surface area contributed by atoms with Gasteiger partial charge in [-0.05, 0) is 0 Å². The highest BCUT2D eigenvalue weighted by Gasteiger charge is 2.11. The zero-order valence-electron chi connectivity index (χ0n) is 6.23. The topological polar surface area (TPSA) is 92.0 Å². The van der Waals surface area contributed by atoms with Gasteiger partial charge in [0.2, 0.25) is 0 Å². The van der Waals surface area contributed by atoms with E-state index in [-0.39, 0.29) is 30.4 Å². The molecule has 0 radical (unpaired) electrons. The molecule has 0 aromatic carbocycles. The van der Waals surface area contributed by atoms with E-state index in [1.165, 1.54) is 6.33 Å². The minimum absolute atomic E-state index is 0. The number of hydrogen-bond acceptors (Lipinski definition) is 3. The van der Waals surface area contributed by atoms with E-state index in [1.54, 1.807) is 6.20 Å².